The molecule has 0 unspecified atom stereocenters. The summed E-state index contributed by atoms with van der Waals surface area (Å²) in [4.78, 5) is 11.2. The van der Waals surface area contributed by atoms with E-state index in [0.29, 0.717) is 19.6 Å². The molecule has 0 bridgehead atoms. The summed E-state index contributed by atoms with van der Waals surface area (Å²) >= 11 is 0. The van der Waals surface area contributed by atoms with Crippen LogP contribution in [-0.2, 0) is 14.0 Å². The van der Waals surface area contributed by atoms with Crippen molar-refractivity contribution >= 4 is 24.7 Å². The average molecular weight is 385 g/mol. The van der Waals surface area contributed by atoms with Gasteiger partial charge in [0.25, 0.3) is 8.32 Å². The van der Waals surface area contributed by atoms with Gasteiger partial charge in [0.15, 0.2) is 6.10 Å². The minimum absolute atomic E-state index is 0.0820. The third kappa shape index (κ3) is 4.00. The van der Waals surface area contributed by atoms with E-state index in [1.807, 2.05) is 12.1 Å². The van der Waals surface area contributed by atoms with Crippen LogP contribution >= 0.6 is 0 Å². The van der Waals surface area contributed by atoms with Crippen LogP contribution in [-0.4, -0.2) is 38.7 Å². The lowest BCUT2D eigenvalue weighted by Gasteiger charge is -2.43. The van der Waals surface area contributed by atoms with Crippen LogP contribution in [0.15, 0.2) is 60.7 Å². The summed E-state index contributed by atoms with van der Waals surface area (Å²) in [5.41, 5.74) is 0. The molecule has 5 heteroatoms. The van der Waals surface area contributed by atoms with Crippen molar-refractivity contribution in [2.45, 2.75) is 38.3 Å². The van der Waals surface area contributed by atoms with Gasteiger partial charge in [-0.2, -0.15) is 0 Å². The number of carboxylic acid groups (broad SMARTS) is 1. The number of hydrogen-bond acceptors (Lipinski definition) is 3. The van der Waals surface area contributed by atoms with Crippen molar-refractivity contribution in [3.8, 4) is 0 Å². The first kappa shape index (κ1) is 19.8. The van der Waals surface area contributed by atoms with E-state index in [9.17, 15) is 9.90 Å². The quantitative estimate of drug-likeness (QED) is 0.778. The van der Waals surface area contributed by atoms with Gasteiger partial charge in [0.2, 0.25) is 0 Å². The van der Waals surface area contributed by atoms with E-state index in [0.717, 1.165) is 0 Å². The second kappa shape index (κ2) is 7.96. The smallest absolute Gasteiger partial charge is 0.332 e. The number of carbonyl (C=O) groups is 1. The zero-order valence-corrected chi connectivity index (χ0v) is 17.2. The van der Waals surface area contributed by atoms with E-state index >= 15 is 0 Å². The molecule has 1 aliphatic heterocycles. The molecule has 1 N–H and O–H groups in total. The van der Waals surface area contributed by atoms with Gasteiger partial charge < -0.3 is 14.3 Å². The van der Waals surface area contributed by atoms with Crippen molar-refractivity contribution in [1.82, 2.24) is 0 Å². The monoisotopic (exact) mass is 384 g/mol. The van der Waals surface area contributed by atoms with Gasteiger partial charge in [-0.25, -0.2) is 4.79 Å². The minimum Gasteiger partial charge on any atom is -0.479 e. The number of carboxylic acids is 1. The molecule has 2 atom stereocenters. The van der Waals surface area contributed by atoms with Gasteiger partial charge in [0.05, 0.1) is 6.61 Å². The number of rotatable bonds is 6. The van der Waals surface area contributed by atoms with E-state index in [2.05, 4.69) is 69.3 Å². The Hall–Kier alpha value is -1.95. The van der Waals surface area contributed by atoms with Gasteiger partial charge in [0, 0.05) is 12.5 Å². The molecular formula is C22H28O4Si. The summed E-state index contributed by atoms with van der Waals surface area (Å²) in [6.45, 7) is 7.67. The molecular weight excluding hydrogens is 356 g/mol. The SMILES string of the molecule is CC(C)(C)[Si](OC[C@H]1CO[C@@H](C(=O)O)C1)(c1ccccc1)c1ccccc1. The third-order valence-corrected chi connectivity index (χ3v) is 10.3. The molecule has 3 rings (SSSR count). The first-order valence-electron chi connectivity index (χ1n) is 9.44. The fourth-order valence-corrected chi connectivity index (χ4v) is 8.62. The number of hydrogen-bond donors (Lipinski definition) is 1. The van der Waals surface area contributed by atoms with Gasteiger partial charge in [-0.05, 0) is 21.8 Å². The van der Waals surface area contributed by atoms with Gasteiger partial charge >= 0.3 is 5.97 Å². The summed E-state index contributed by atoms with van der Waals surface area (Å²) in [6, 6.07) is 21.0. The first-order chi connectivity index (χ1) is 12.8. The standard InChI is InChI=1S/C22H28O4Si/c1-22(2,3)27(18-10-6-4-7-11-18,19-12-8-5-9-13-19)26-16-17-14-20(21(23)24)25-15-17/h4-13,17,20H,14-16H2,1-3H3,(H,23,24)/t17-,20-/m1/s1. The molecule has 1 saturated heterocycles. The van der Waals surface area contributed by atoms with Crippen LogP contribution in [0.5, 0.6) is 0 Å². The summed E-state index contributed by atoms with van der Waals surface area (Å²) in [7, 11) is -2.57. The van der Waals surface area contributed by atoms with Crippen molar-refractivity contribution in [2.24, 2.45) is 5.92 Å². The predicted octanol–water partition coefficient (Wildman–Crippen LogP) is 3.05. The van der Waals surface area contributed by atoms with Crippen LogP contribution in [0.25, 0.3) is 0 Å². The molecule has 0 radical (unpaired) electrons. The molecule has 0 spiro atoms. The summed E-state index contributed by atoms with van der Waals surface area (Å²) in [5, 5.41) is 11.6. The Balaban J connectivity index is 1.96. The lowest BCUT2D eigenvalue weighted by Crippen LogP contribution is -2.66. The Bertz CT molecular complexity index is 715. The molecule has 1 aliphatic rings. The van der Waals surface area contributed by atoms with Crippen molar-refractivity contribution in [2.75, 3.05) is 13.2 Å². The van der Waals surface area contributed by atoms with E-state index in [4.69, 9.17) is 9.16 Å². The predicted molar refractivity (Wildman–Crippen MR) is 109 cm³/mol. The van der Waals surface area contributed by atoms with Gasteiger partial charge in [-0.1, -0.05) is 81.4 Å². The summed E-state index contributed by atoms with van der Waals surface area (Å²) in [5.74, 6) is -0.782. The summed E-state index contributed by atoms with van der Waals surface area (Å²) in [6.07, 6.45) is -0.203. The Labute approximate surface area is 162 Å². The fraction of sp³-hybridized carbons (Fsp3) is 0.409. The molecule has 144 valence electrons. The second-order valence-electron chi connectivity index (χ2n) is 8.24. The first-order valence-corrected chi connectivity index (χ1v) is 11.3. The fourth-order valence-electron chi connectivity index (χ4n) is 3.98. The molecule has 27 heavy (non-hydrogen) atoms. The Kier molecular flexibility index (Phi) is 5.84. The highest BCUT2D eigenvalue weighted by molar-refractivity contribution is 6.99. The van der Waals surface area contributed by atoms with E-state index < -0.39 is 20.4 Å². The Morgan fingerprint density at radius 1 is 1.07 bits per heavy atom. The van der Waals surface area contributed by atoms with Gasteiger partial charge in [-0.3, -0.25) is 0 Å². The van der Waals surface area contributed by atoms with E-state index in [1.165, 1.54) is 10.4 Å². The molecule has 0 saturated carbocycles. The van der Waals surface area contributed by atoms with Crippen LogP contribution in [0, 0.1) is 5.92 Å². The van der Waals surface area contributed by atoms with Crippen LogP contribution < -0.4 is 10.4 Å². The molecule has 2 aromatic rings. The highest BCUT2D eigenvalue weighted by Gasteiger charge is 2.50. The van der Waals surface area contributed by atoms with Crippen molar-refractivity contribution < 1.29 is 19.1 Å². The Morgan fingerprint density at radius 3 is 2.00 bits per heavy atom. The highest BCUT2D eigenvalue weighted by Crippen LogP contribution is 2.37. The molecule has 1 heterocycles. The maximum Gasteiger partial charge on any atom is 0.332 e. The van der Waals surface area contributed by atoms with E-state index in [1.54, 1.807) is 0 Å². The number of benzene rings is 2. The largest absolute Gasteiger partial charge is 0.479 e. The zero-order valence-electron chi connectivity index (χ0n) is 16.2. The highest BCUT2D eigenvalue weighted by atomic mass is 28.4. The number of ether oxygens (including phenoxy) is 1. The maximum absolute atomic E-state index is 11.2. The number of aliphatic carboxylic acids is 1. The van der Waals surface area contributed by atoms with E-state index in [-0.39, 0.29) is 11.0 Å². The normalized spacial score (nSPS) is 20.6. The average Bonchev–Trinajstić information content (AvgIpc) is 3.12. The summed E-state index contributed by atoms with van der Waals surface area (Å²) < 4.78 is 12.3. The third-order valence-electron chi connectivity index (χ3n) is 5.31. The maximum atomic E-state index is 11.2. The topological polar surface area (TPSA) is 55.8 Å². The molecule has 0 amide bonds. The molecule has 0 aromatic heterocycles. The van der Waals surface area contributed by atoms with Crippen LogP contribution in [0.1, 0.15) is 27.2 Å². The van der Waals surface area contributed by atoms with Gasteiger partial charge in [0.1, 0.15) is 0 Å². The minimum atomic E-state index is -2.57. The van der Waals surface area contributed by atoms with Crippen molar-refractivity contribution in [3.63, 3.8) is 0 Å². The lowest BCUT2D eigenvalue weighted by molar-refractivity contribution is -0.147. The van der Waals surface area contributed by atoms with Crippen LogP contribution in [0.4, 0.5) is 0 Å². The van der Waals surface area contributed by atoms with Crippen LogP contribution in [0.3, 0.4) is 0 Å². The zero-order chi connectivity index (χ0) is 19.5. The Morgan fingerprint density at radius 2 is 1.59 bits per heavy atom. The molecule has 1 fully saturated rings. The molecule has 0 aliphatic carbocycles. The van der Waals surface area contributed by atoms with Gasteiger partial charge in [-0.15, -0.1) is 0 Å². The van der Waals surface area contributed by atoms with Crippen molar-refractivity contribution in [3.05, 3.63) is 60.7 Å². The van der Waals surface area contributed by atoms with Crippen LogP contribution in [0.2, 0.25) is 5.04 Å². The van der Waals surface area contributed by atoms with Crippen molar-refractivity contribution in [1.29, 1.82) is 0 Å². The molecule has 2 aromatic carbocycles. The molecule has 4 nitrogen and oxygen atoms in total. The second-order valence-corrected chi connectivity index (χ2v) is 12.5. The lowest BCUT2D eigenvalue weighted by atomic mass is 10.1.